The predicted octanol–water partition coefficient (Wildman–Crippen LogP) is 3.09. The fourth-order valence-corrected chi connectivity index (χ4v) is 2.14. The van der Waals surface area contributed by atoms with Crippen LogP contribution in [0.25, 0.3) is 6.08 Å². The highest BCUT2D eigenvalue weighted by atomic mass is 16.7. The number of carbonyl (C=O) groups excluding carboxylic acids is 2. The summed E-state index contributed by atoms with van der Waals surface area (Å²) in [4.78, 5) is 24.2. The summed E-state index contributed by atoms with van der Waals surface area (Å²) >= 11 is 0. The van der Waals surface area contributed by atoms with Crippen molar-refractivity contribution >= 4 is 18.0 Å². The Kier molecular flexibility index (Phi) is 4.60. The van der Waals surface area contributed by atoms with E-state index in [0.717, 1.165) is 0 Å². The lowest BCUT2D eigenvalue weighted by Gasteiger charge is -2.20. The SMILES string of the molecule is COC(=O)/C(=C\c1ccc2c(c1)OC(C)(C)O2)C(=O)OC(C)(C)C. The highest BCUT2D eigenvalue weighted by molar-refractivity contribution is 6.17. The van der Waals surface area contributed by atoms with Gasteiger partial charge in [-0.2, -0.15) is 0 Å². The van der Waals surface area contributed by atoms with Crippen LogP contribution in [0.2, 0.25) is 0 Å². The van der Waals surface area contributed by atoms with E-state index in [0.29, 0.717) is 17.1 Å². The molecule has 0 aliphatic carbocycles. The van der Waals surface area contributed by atoms with Crippen molar-refractivity contribution in [2.24, 2.45) is 0 Å². The molecule has 0 saturated carbocycles. The van der Waals surface area contributed by atoms with E-state index in [-0.39, 0.29) is 5.57 Å². The van der Waals surface area contributed by atoms with Gasteiger partial charge >= 0.3 is 11.9 Å². The third-order valence-corrected chi connectivity index (χ3v) is 3.01. The smallest absolute Gasteiger partial charge is 0.346 e. The molecule has 0 spiro atoms. The van der Waals surface area contributed by atoms with Crippen LogP contribution >= 0.6 is 0 Å². The summed E-state index contributed by atoms with van der Waals surface area (Å²) in [7, 11) is 1.21. The number of hydrogen-bond donors (Lipinski definition) is 0. The van der Waals surface area contributed by atoms with Crippen molar-refractivity contribution in [1.82, 2.24) is 0 Å². The van der Waals surface area contributed by atoms with Crippen molar-refractivity contribution in [3.63, 3.8) is 0 Å². The maximum Gasteiger partial charge on any atom is 0.346 e. The monoisotopic (exact) mass is 334 g/mol. The van der Waals surface area contributed by atoms with E-state index >= 15 is 0 Å². The normalized spacial score (nSPS) is 15.8. The van der Waals surface area contributed by atoms with Crippen molar-refractivity contribution < 1.29 is 28.5 Å². The minimum atomic E-state index is -0.762. The Balaban J connectivity index is 2.34. The molecule has 0 atom stereocenters. The molecule has 24 heavy (non-hydrogen) atoms. The fraction of sp³-hybridized carbons (Fsp3) is 0.444. The number of ether oxygens (including phenoxy) is 4. The van der Waals surface area contributed by atoms with Crippen LogP contribution < -0.4 is 9.47 Å². The van der Waals surface area contributed by atoms with Gasteiger partial charge in [0.05, 0.1) is 7.11 Å². The second-order valence-electron chi connectivity index (χ2n) is 6.86. The van der Waals surface area contributed by atoms with Crippen molar-refractivity contribution in [1.29, 1.82) is 0 Å². The van der Waals surface area contributed by atoms with Crippen LogP contribution in [0.15, 0.2) is 23.8 Å². The first-order valence-corrected chi connectivity index (χ1v) is 7.56. The zero-order valence-corrected chi connectivity index (χ0v) is 14.8. The summed E-state index contributed by atoms with van der Waals surface area (Å²) in [5.41, 5.74) is -0.310. The molecule has 1 aliphatic heterocycles. The third kappa shape index (κ3) is 4.28. The molecule has 0 N–H and O–H groups in total. The highest BCUT2D eigenvalue weighted by Gasteiger charge is 2.32. The molecule has 0 aromatic heterocycles. The molecule has 0 bridgehead atoms. The summed E-state index contributed by atoms with van der Waals surface area (Å²) in [5, 5.41) is 0. The molecule has 0 radical (unpaired) electrons. The van der Waals surface area contributed by atoms with Crippen LogP contribution in [0.1, 0.15) is 40.2 Å². The van der Waals surface area contributed by atoms with Crippen LogP contribution in [0, 0.1) is 0 Å². The van der Waals surface area contributed by atoms with Crippen LogP contribution in [-0.2, 0) is 19.1 Å². The average molecular weight is 334 g/mol. The largest absolute Gasteiger partial charge is 0.465 e. The second kappa shape index (κ2) is 6.19. The summed E-state index contributed by atoms with van der Waals surface area (Å²) < 4.78 is 21.2. The first-order chi connectivity index (χ1) is 11.0. The lowest BCUT2D eigenvalue weighted by atomic mass is 10.1. The lowest BCUT2D eigenvalue weighted by molar-refractivity contribution is -0.153. The molecule has 1 aromatic rings. The molecule has 130 valence electrons. The quantitative estimate of drug-likeness (QED) is 0.366. The maximum atomic E-state index is 12.3. The Labute approximate surface area is 141 Å². The molecule has 0 saturated heterocycles. The predicted molar refractivity (Wildman–Crippen MR) is 87.6 cm³/mol. The molecule has 1 aliphatic rings. The topological polar surface area (TPSA) is 71.1 Å². The number of benzene rings is 1. The van der Waals surface area contributed by atoms with Crippen LogP contribution in [0.4, 0.5) is 0 Å². The third-order valence-electron chi connectivity index (χ3n) is 3.01. The van der Waals surface area contributed by atoms with Crippen molar-refractivity contribution in [2.45, 2.75) is 46.0 Å². The first-order valence-electron chi connectivity index (χ1n) is 7.56. The molecule has 0 unspecified atom stereocenters. The van der Waals surface area contributed by atoms with Gasteiger partial charge in [-0.1, -0.05) is 6.07 Å². The Morgan fingerprint density at radius 1 is 1.08 bits per heavy atom. The minimum Gasteiger partial charge on any atom is -0.465 e. The summed E-state index contributed by atoms with van der Waals surface area (Å²) in [6, 6.07) is 5.13. The van der Waals surface area contributed by atoms with E-state index in [9.17, 15) is 9.59 Å². The first kappa shape index (κ1) is 17.8. The molecular weight excluding hydrogens is 312 g/mol. The molecule has 1 heterocycles. The second-order valence-corrected chi connectivity index (χ2v) is 6.86. The number of methoxy groups -OCH3 is 1. The molecular formula is C18H22O6. The van der Waals surface area contributed by atoms with E-state index in [4.69, 9.17) is 14.2 Å². The number of esters is 2. The number of fused-ring (bicyclic) bond motifs is 1. The van der Waals surface area contributed by atoms with Crippen molar-refractivity contribution in [3.05, 3.63) is 29.3 Å². The van der Waals surface area contributed by atoms with Gasteiger partial charge in [0, 0.05) is 13.8 Å². The number of hydrogen-bond acceptors (Lipinski definition) is 6. The Morgan fingerprint density at radius 2 is 1.71 bits per heavy atom. The lowest BCUT2D eigenvalue weighted by Crippen LogP contribution is -2.29. The molecule has 2 rings (SSSR count). The zero-order chi connectivity index (χ0) is 18.1. The van der Waals surface area contributed by atoms with Crippen molar-refractivity contribution in [2.75, 3.05) is 7.11 Å². The standard InChI is InChI=1S/C18H22O6/c1-17(2,3)24-16(20)12(15(19)21-6)9-11-7-8-13-14(10-11)23-18(4,5)22-13/h7-10H,1-6H3/b12-9+. The van der Waals surface area contributed by atoms with Gasteiger partial charge in [0.1, 0.15) is 11.2 Å². The van der Waals surface area contributed by atoms with E-state index in [1.807, 2.05) is 0 Å². The van der Waals surface area contributed by atoms with Crippen LogP contribution in [0.5, 0.6) is 11.5 Å². The van der Waals surface area contributed by atoms with Gasteiger partial charge in [-0.3, -0.25) is 0 Å². The van der Waals surface area contributed by atoms with Gasteiger partial charge in [0.25, 0.3) is 0 Å². The molecule has 6 nitrogen and oxygen atoms in total. The Hall–Kier alpha value is -2.50. The zero-order valence-electron chi connectivity index (χ0n) is 14.8. The number of carbonyl (C=O) groups is 2. The van der Waals surface area contributed by atoms with Crippen LogP contribution in [-0.4, -0.2) is 30.4 Å². The van der Waals surface area contributed by atoms with E-state index in [2.05, 4.69) is 4.74 Å². The number of rotatable bonds is 3. The highest BCUT2D eigenvalue weighted by Crippen LogP contribution is 2.39. The Morgan fingerprint density at radius 3 is 2.29 bits per heavy atom. The van der Waals surface area contributed by atoms with E-state index in [1.165, 1.54) is 13.2 Å². The van der Waals surface area contributed by atoms with Gasteiger partial charge in [-0.25, -0.2) is 9.59 Å². The fourth-order valence-electron chi connectivity index (χ4n) is 2.14. The molecule has 0 amide bonds. The van der Waals surface area contributed by atoms with Gasteiger partial charge in [0.2, 0.25) is 5.79 Å². The van der Waals surface area contributed by atoms with Gasteiger partial charge in [0.15, 0.2) is 11.5 Å². The summed E-state index contributed by atoms with van der Waals surface area (Å²) in [6.07, 6.45) is 1.41. The maximum absolute atomic E-state index is 12.3. The van der Waals surface area contributed by atoms with Gasteiger partial charge in [-0.05, 0) is 44.5 Å². The van der Waals surface area contributed by atoms with E-state index in [1.54, 1.807) is 52.8 Å². The summed E-state index contributed by atoms with van der Waals surface area (Å²) in [5.74, 6) is -1.10. The van der Waals surface area contributed by atoms with Crippen LogP contribution in [0.3, 0.4) is 0 Å². The molecule has 0 fully saturated rings. The minimum absolute atomic E-state index is 0.189. The van der Waals surface area contributed by atoms with Gasteiger partial charge in [-0.15, -0.1) is 0 Å². The van der Waals surface area contributed by atoms with E-state index < -0.39 is 23.3 Å². The molecule has 1 aromatic carbocycles. The van der Waals surface area contributed by atoms with Gasteiger partial charge < -0.3 is 18.9 Å². The van der Waals surface area contributed by atoms with Crippen molar-refractivity contribution in [3.8, 4) is 11.5 Å². The summed E-state index contributed by atoms with van der Waals surface area (Å²) in [6.45, 7) is 8.76. The Bertz CT molecular complexity index is 694. The average Bonchev–Trinajstić information content (AvgIpc) is 2.74. The molecule has 6 heteroatoms.